The highest BCUT2D eigenvalue weighted by molar-refractivity contribution is 5.70. The van der Waals surface area contributed by atoms with Crippen LogP contribution in [-0.4, -0.2) is 41.1 Å². The fourth-order valence-electron chi connectivity index (χ4n) is 1.96. The Morgan fingerprint density at radius 1 is 1.45 bits per heavy atom. The van der Waals surface area contributed by atoms with Crippen LogP contribution in [0.5, 0.6) is 0 Å². The van der Waals surface area contributed by atoms with E-state index in [0.29, 0.717) is 5.82 Å². The average Bonchev–Trinajstić information content (AvgIpc) is 3.02. The van der Waals surface area contributed by atoms with Gasteiger partial charge in [-0.2, -0.15) is 5.10 Å². The van der Waals surface area contributed by atoms with Crippen LogP contribution in [0.2, 0.25) is 0 Å². The van der Waals surface area contributed by atoms with E-state index >= 15 is 0 Å². The van der Waals surface area contributed by atoms with Crippen molar-refractivity contribution >= 4 is 5.97 Å². The zero-order chi connectivity index (χ0) is 14.9. The van der Waals surface area contributed by atoms with Crippen molar-refractivity contribution in [3.05, 3.63) is 11.8 Å². The summed E-state index contributed by atoms with van der Waals surface area (Å²) in [6, 6.07) is 1.57. The number of tetrazole rings is 1. The van der Waals surface area contributed by atoms with Gasteiger partial charge in [-0.25, -0.2) is 4.68 Å². The third-order valence-corrected chi connectivity index (χ3v) is 3.51. The van der Waals surface area contributed by atoms with Crippen molar-refractivity contribution in [2.45, 2.75) is 33.2 Å². The van der Waals surface area contributed by atoms with Gasteiger partial charge in [-0.05, 0) is 36.8 Å². The summed E-state index contributed by atoms with van der Waals surface area (Å²) >= 11 is 0. The minimum absolute atomic E-state index is 0.350. The monoisotopic (exact) mass is 278 g/mol. The molecule has 0 spiro atoms. The molecular weight excluding hydrogens is 260 g/mol. The molecule has 1 N–H and O–H groups in total. The largest absolute Gasteiger partial charge is 0.481 e. The Bertz CT molecular complexity index is 617. The Balaban J connectivity index is 2.42. The number of aryl methyl sites for hydroxylation is 2. The van der Waals surface area contributed by atoms with Crippen LogP contribution in [0.1, 0.15) is 32.5 Å². The Morgan fingerprint density at radius 3 is 2.70 bits per heavy atom. The van der Waals surface area contributed by atoms with Crippen LogP contribution in [0.25, 0.3) is 11.5 Å². The number of carboxylic acids is 1. The lowest BCUT2D eigenvalue weighted by atomic mass is 10.0. The minimum atomic E-state index is -0.877. The van der Waals surface area contributed by atoms with E-state index in [9.17, 15) is 4.79 Å². The normalized spacial score (nSPS) is 14.2. The SMILES string of the molecule is CCc1cc(-c2nnnn2C(C)C(C)C(=O)O)n(C)n1. The van der Waals surface area contributed by atoms with Gasteiger partial charge in [-0.15, -0.1) is 5.10 Å². The van der Waals surface area contributed by atoms with E-state index in [4.69, 9.17) is 5.11 Å². The van der Waals surface area contributed by atoms with Crippen LogP contribution >= 0.6 is 0 Å². The molecule has 0 aromatic carbocycles. The van der Waals surface area contributed by atoms with Gasteiger partial charge < -0.3 is 5.11 Å². The summed E-state index contributed by atoms with van der Waals surface area (Å²) in [6.07, 6.45) is 0.816. The molecular formula is C12H18N6O2. The average molecular weight is 278 g/mol. The highest BCUT2D eigenvalue weighted by Gasteiger charge is 2.26. The maximum absolute atomic E-state index is 11.1. The fourth-order valence-corrected chi connectivity index (χ4v) is 1.96. The van der Waals surface area contributed by atoms with Crippen LogP contribution in [-0.2, 0) is 18.3 Å². The predicted molar refractivity (Wildman–Crippen MR) is 70.9 cm³/mol. The number of aliphatic carboxylic acids is 1. The van der Waals surface area contributed by atoms with E-state index < -0.39 is 11.9 Å². The van der Waals surface area contributed by atoms with Crippen LogP contribution in [0.4, 0.5) is 0 Å². The quantitative estimate of drug-likeness (QED) is 0.873. The number of carboxylic acid groups (broad SMARTS) is 1. The molecule has 8 nitrogen and oxygen atoms in total. The first kappa shape index (κ1) is 14.2. The number of nitrogens with zero attached hydrogens (tertiary/aromatic N) is 6. The molecule has 2 aromatic rings. The first-order valence-corrected chi connectivity index (χ1v) is 6.49. The third-order valence-electron chi connectivity index (χ3n) is 3.51. The van der Waals surface area contributed by atoms with Gasteiger partial charge in [0.25, 0.3) is 0 Å². The smallest absolute Gasteiger partial charge is 0.308 e. The molecule has 2 atom stereocenters. The molecule has 8 heteroatoms. The second-order valence-corrected chi connectivity index (χ2v) is 4.81. The summed E-state index contributed by atoms with van der Waals surface area (Å²) in [4.78, 5) is 11.1. The van der Waals surface area contributed by atoms with Gasteiger partial charge in [0.15, 0.2) is 0 Å². The zero-order valence-electron chi connectivity index (χ0n) is 12.0. The van der Waals surface area contributed by atoms with Crippen molar-refractivity contribution in [1.82, 2.24) is 30.0 Å². The van der Waals surface area contributed by atoms with E-state index in [1.54, 1.807) is 18.5 Å². The highest BCUT2D eigenvalue weighted by atomic mass is 16.4. The van der Waals surface area contributed by atoms with Crippen molar-refractivity contribution in [1.29, 1.82) is 0 Å². The van der Waals surface area contributed by atoms with Gasteiger partial charge in [0.1, 0.15) is 5.69 Å². The molecule has 0 saturated heterocycles. The summed E-state index contributed by atoms with van der Waals surface area (Å²) in [6.45, 7) is 5.44. The third kappa shape index (κ3) is 2.40. The zero-order valence-corrected chi connectivity index (χ0v) is 12.0. The Hall–Kier alpha value is -2.25. The molecule has 0 saturated carbocycles. The van der Waals surface area contributed by atoms with Crippen molar-refractivity contribution < 1.29 is 9.90 Å². The van der Waals surface area contributed by atoms with Crippen LogP contribution < -0.4 is 0 Å². The van der Waals surface area contributed by atoms with Gasteiger partial charge >= 0.3 is 5.97 Å². The summed E-state index contributed by atoms with van der Waals surface area (Å²) in [7, 11) is 1.82. The molecule has 0 fully saturated rings. The number of carbonyl (C=O) groups is 1. The molecule has 2 unspecified atom stereocenters. The van der Waals surface area contributed by atoms with Gasteiger partial charge in [0.05, 0.1) is 17.7 Å². The lowest BCUT2D eigenvalue weighted by Gasteiger charge is -2.17. The van der Waals surface area contributed by atoms with Gasteiger partial charge in [0, 0.05) is 7.05 Å². The summed E-state index contributed by atoms with van der Waals surface area (Å²) in [5.41, 5.74) is 1.72. The maximum atomic E-state index is 11.1. The Morgan fingerprint density at radius 2 is 2.15 bits per heavy atom. The van der Waals surface area contributed by atoms with Gasteiger partial charge in [-0.3, -0.25) is 9.48 Å². The molecule has 0 radical (unpaired) electrons. The van der Waals surface area contributed by atoms with Crippen LogP contribution in [0, 0.1) is 5.92 Å². The molecule has 2 heterocycles. The van der Waals surface area contributed by atoms with Crippen molar-refractivity contribution in [2.24, 2.45) is 13.0 Å². The van der Waals surface area contributed by atoms with E-state index in [1.165, 1.54) is 4.68 Å². The standard InChI is InChI=1S/C12H18N6O2/c1-5-9-6-10(17(4)14-9)11-13-15-16-18(11)8(3)7(2)12(19)20/h6-8H,5H2,1-4H3,(H,19,20). The second-order valence-electron chi connectivity index (χ2n) is 4.81. The number of rotatable bonds is 5. The molecule has 20 heavy (non-hydrogen) atoms. The Labute approximate surface area is 116 Å². The molecule has 0 aliphatic heterocycles. The van der Waals surface area contributed by atoms with E-state index in [1.807, 2.05) is 20.0 Å². The fraction of sp³-hybridized carbons (Fsp3) is 0.583. The van der Waals surface area contributed by atoms with E-state index in [2.05, 4.69) is 20.6 Å². The number of aromatic nitrogens is 6. The predicted octanol–water partition coefficient (Wildman–Crippen LogP) is 0.918. The van der Waals surface area contributed by atoms with Crippen molar-refractivity contribution in [3.63, 3.8) is 0 Å². The molecule has 0 aliphatic carbocycles. The van der Waals surface area contributed by atoms with E-state index in [0.717, 1.165) is 17.8 Å². The first-order chi connectivity index (χ1) is 9.45. The molecule has 0 aliphatic rings. The topological polar surface area (TPSA) is 98.7 Å². The van der Waals surface area contributed by atoms with Crippen LogP contribution in [0.15, 0.2) is 6.07 Å². The molecule has 2 aromatic heterocycles. The highest BCUT2D eigenvalue weighted by Crippen LogP contribution is 2.24. The lowest BCUT2D eigenvalue weighted by molar-refractivity contribution is -0.142. The molecule has 2 rings (SSSR count). The van der Waals surface area contributed by atoms with E-state index in [-0.39, 0.29) is 6.04 Å². The first-order valence-electron chi connectivity index (χ1n) is 6.49. The van der Waals surface area contributed by atoms with Crippen molar-refractivity contribution in [3.8, 4) is 11.5 Å². The molecule has 108 valence electrons. The summed E-state index contributed by atoms with van der Waals surface area (Å²) in [5.74, 6) is -0.936. The van der Waals surface area contributed by atoms with Gasteiger partial charge in [0.2, 0.25) is 5.82 Å². The summed E-state index contributed by atoms with van der Waals surface area (Å²) in [5, 5.41) is 25.1. The maximum Gasteiger partial charge on any atom is 0.308 e. The molecule has 0 amide bonds. The summed E-state index contributed by atoms with van der Waals surface area (Å²) < 4.78 is 3.24. The molecule has 0 bridgehead atoms. The minimum Gasteiger partial charge on any atom is -0.481 e. The van der Waals surface area contributed by atoms with Crippen molar-refractivity contribution in [2.75, 3.05) is 0 Å². The van der Waals surface area contributed by atoms with Gasteiger partial charge in [-0.1, -0.05) is 6.92 Å². The second kappa shape index (κ2) is 5.40. The lowest BCUT2D eigenvalue weighted by Crippen LogP contribution is -2.23. The number of hydrogen-bond donors (Lipinski definition) is 1. The Kier molecular flexibility index (Phi) is 3.82. The van der Waals surface area contributed by atoms with Crippen LogP contribution in [0.3, 0.4) is 0 Å². The number of hydrogen-bond acceptors (Lipinski definition) is 5.